The third kappa shape index (κ3) is 6.83. The summed E-state index contributed by atoms with van der Waals surface area (Å²) in [6, 6.07) is 0. The van der Waals surface area contributed by atoms with Crippen molar-refractivity contribution < 1.29 is 9.59 Å². The molecule has 0 aromatic rings. The Morgan fingerprint density at radius 3 is 2.64 bits per heavy atom. The van der Waals surface area contributed by atoms with Gasteiger partial charge in [0, 0.05) is 23.9 Å². The van der Waals surface area contributed by atoms with Gasteiger partial charge >= 0.3 is 0 Å². The van der Waals surface area contributed by atoms with Gasteiger partial charge in [0.15, 0.2) is 0 Å². The number of aldehydes is 1. The Morgan fingerprint density at radius 1 is 1.36 bits per heavy atom. The molecule has 0 aliphatic heterocycles. The molecule has 0 unspecified atom stereocenters. The Morgan fingerprint density at radius 2 is 2.07 bits per heavy atom. The van der Waals surface area contributed by atoms with Gasteiger partial charge in [-0.05, 0) is 12.8 Å². The van der Waals surface area contributed by atoms with Crippen molar-refractivity contribution in [3.05, 3.63) is 12.2 Å². The van der Waals surface area contributed by atoms with Gasteiger partial charge in [0.25, 0.3) is 0 Å². The fraction of sp³-hybridized carbons (Fsp3) is 0.600. The summed E-state index contributed by atoms with van der Waals surface area (Å²) in [5.41, 5.74) is 0.540. The predicted octanol–water partition coefficient (Wildman–Crippen LogP) is 1.81. The standard InChI is InChI=1S/C10H16BrNO2/c1-9(8-11)10(14)12-6-4-2-3-5-7-13/h7H,1-6,8H2,(H,12,14). The third-order valence-electron chi connectivity index (χ3n) is 1.77. The van der Waals surface area contributed by atoms with Crippen LogP contribution in [0.15, 0.2) is 12.2 Å². The van der Waals surface area contributed by atoms with Gasteiger partial charge in [-0.1, -0.05) is 28.9 Å². The number of unbranched alkanes of at least 4 members (excludes halogenated alkanes) is 3. The van der Waals surface area contributed by atoms with Crippen LogP contribution in [0.2, 0.25) is 0 Å². The molecule has 0 aliphatic carbocycles. The smallest absolute Gasteiger partial charge is 0.247 e. The summed E-state index contributed by atoms with van der Waals surface area (Å²) in [4.78, 5) is 21.2. The van der Waals surface area contributed by atoms with Crippen LogP contribution in [0.4, 0.5) is 0 Å². The third-order valence-corrected chi connectivity index (χ3v) is 2.44. The van der Waals surface area contributed by atoms with Crippen LogP contribution >= 0.6 is 15.9 Å². The maximum absolute atomic E-state index is 11.2. The van der Waals surface area contributed by atoms with Gasteiger partial charge < -0.3 is 10.1 Å². The molecule has 1 N–H and O–H groups in total. The Labute approximate surface area is 93.1 Å². The van der Waals surface area contributed by atoms with Crippen LogP contribution < -0.4 is 5.32 Å². The lowest BCUT2D eigenvalue weighted by molar-refractivity contribution is -0.117. The number of hydrogen-bond donors (Lipinski definition) is 1. The molecule has 14 heavy (non-hydrogen) atoms. The lowest BCUT2D eigenvalue weighted by Crippen LogP contribution is -2.26. The summed E-state index contributed by atoms with van der Waals surface area (Å²) < 4.78 is 0. The first-order valence-electron chi connectivity index (χ1n) is 4.68. The van der Waals surface area contributed by atoms with Crippen LogP contribution in [0, 0.1) is 0 Å². The van der Waals surface area contributed by atoms with Gasteiger partial charge in [-0.2, -0.15) is 0 Å². The minimum Gasteiger partial charge on any atom is -0.352 e. The van der Waals surface area contributed by atoms with E-state index in [0.29, 0.717) is 23.9 Å². The van der Waals surface area contributed by atoms with Crippen molar-refractivity contribution in [3.8, 4) is 0 Å². The molecule has 3 nitrogen and oxygen atoms in total. The van der Waals surface area contributed by atoms with Crippen molar-refractivity contribution in [1.82, 2.24) is 5.32 Å². The Balaban J connectivity index is 3.31. The molecule has 0 fully saturated rings. The van der Waals surface area contributed by atoms with E-state index >= 15 is 0 Å². The summed E-state index contributed by atoms with van der Waals surface area (Å²) in [7, 11) is 0. The van der Waals surface area contributed by atoms with E-state index in [9.17, 15) is 9.59 Å². The predicted molar refractivity (Wildman–Crippen MR) is 60.5 cm³/mol. The molecule has 0 bridgehead atoms. The molecule has 1 amide bonds. The highest BCUT2D eigenvalue weighted by molar-refractivity contribution is 9.09. The second-order valence-corrected chi connectivity index (χ2v) is 3.57. The summed E-state index contributed by atoms with van der Waals surface area (Å²) in [5, 5.41) is 3.26. The second-order valence-electron chi connectivity index (χ2n) is 3.01. The molecular weight excluding hydrogens is 246 g/mol. The first-order valence-corrected chi connectivity index (χ1v) is 5.80. The normalized spacial score (nSPS) is 9.50. The highest BCUT2D eigenvalue weighted by Crippen LogP contribution is 1.98. The van der Waals surface area contributed by atoms with E-state index in [4.69, 9.17) is 0 Å². The minimum atomic E-state index is -0.0998. The van der Waals surface area contributed by atoms with Crippen molar-refractivity contribution >= 4 is 28.1 Å². The quantitative estimate of drug-likeness (QED) is 0.314. The number of rotatable bonds is 8. The number of carbonyl (C=O) groups is 2. The molecule has 0 heterocycles. The summed E-state index contributed by atoms with van der Waals surface area (Å²) in [5.74, 6) is -0.0998. The number of hydrogen-bond acceptors (Lipinski definition) is 2. The van der Waals surface area contributed by atoms with Gasteiger partial charge in [0.2, 0.25) is 5.91 Å². The van der Waals surface area contributed by atoms with E-state index < -0.39 is 0 Å². The molecule has 80 valence electrons. The molecule has 0 radical (unpaired) electrons. The van der Waals surface area contributed by atoms with Crippen LogP contribution in [0.5, 0.6) is 0 Å². The van der Waals surface area contributed by atoms with E-state index in [0.717, 1.165) is 25.5 Å². The topological polar surface area (TPSA) is 46.2 Å². The first-order chi connectivity index (χ1) is 6.72. The molecule has 0 atom stereocenters. The molecule has 0 spiro atoms. The van der Waals surface area contributed by atoms with Crippen molar-refractivity contribution in [2.24, 2.45) is 0 Å². The number of amides is 1. The van der Waals surface area contributed by atoms with Gasteiger partial charge in [0.05, 0.1) is 0 Å². The van der Waals surface area contributed by atoms with Gasteiger partial charge in [-0.3, -0.25) is 4.79 Å². The lowest BCUT2D eigenvalue weighted by atomic mass is 10.2. The molecule has 0 saturated heterocycles. The Kier molecular flexibility index (Phi) is 8.53. The van der Waals surface area contributed by atoms with Gasteiger partial charge in [-0.15, -0.1) is 0 Å². The number of carbonyl (C=O) groups excluding carboxylic acids is 2. The first kappa shape index (κ1) is 13.4. The number of nitrogens with one attached hydrogen (secondary N) is 1. The van der Waals surface area contributed by atoms with Crippen LogP contribution in [-0.2, 0) is 9.59 Å². The largest absolute Gasteiger partial charge is 0.352 e. The Hall–Kier alpha value is -0.640. The zero-order valence-electron chi connectivity index (χ0n) is 8.22. The van der Waals surface area contributed by atoms with Gasteiger partial charge in [0.1, 0.15) is 6.29 Å². The number of alkyl halides is 1. The lowest BCUT2D eigenvalue weighted by Gasteiger charge is -2.04. The fourth-order valence-electron chi connectivity index (χ4n) is 0.917. The summed E-state index contributed by atoms with van der Waals surface area (Å²) in [6.07, 6.45) is 4.32. The molecule has 0 saturated carbocycles. The van der Waals surface area contributed by atoms with Crippen molar-refractivity contribution in [1.29, 1.82) is 0 Å². The van der Waals surface area contributed by atoms with E-state index in [1.165, 1.54) is 0 Å². The summed E-state index contributed by atoms with van der Waals surface area (Å²) >= 11 is 3.16. The van der Waals surface area contributed by atoms with E-state index in [1.54, 1.807) is 0 Å². The van der Waals surface area contributed by atoms with Crippen LogP contribution in [0.1, 0.15) is 25.7 Å². The fourth-order valence-corrected chi connectivity index (χ4v) is 1.17. The Bertz CT molecular complexity index is 204. The van der Waals surface area contributed by atoms with E-state index in [1.807, 2.05) is 0 Å². The second kappa shape index (κ2) is 8.94. The van der Waals surface area contributed by atoms with E-state index in [-0.39, 0.29) is 5.91 Å². The molecule has 0 aromatic heterocycles. The molecular formula is C10H16BrNO2. The summed E-state index contributed by atoms with van der Waals surface area (Å²) in [6.45, 7) is 4.25. The molecule has 0 aliphatic rings. The SMILES string of the molecule is C=C(CBr)C(=O)NCCCCCC=O. The highest BCUT2D eigenvalue weighted by Gasteiger charge is 2.02. The zero-order valence-corrected chi connectivity index (χ0v) is 9.81. The van der Waals surface area contributed by atoms with E-state index in [2.05, 4.69) is 27.8 Å². The highest BCUT2D eigenvalue weighted by atomic mass is 79.9. The average Bonchev–Trinajstić information content (AvgIpc) is 2.21. The average molecular weight is 262 g/mol. The van der Waals surface area contributed by atoms with Crippen LogP contribution in [0.25, 0.3) is 0 Å². The molecule has 0 rings (SSSR count). The maximum atomic E-state index is 11.2. The van der Waals surface area contributed by atoms with Crippen molar-refractivity contribution in [3.63, 3.8) is 0 Å². The number of halogens is 1. The molecule has 0 aromatic carbocycles. The maximum Gasteiger partial charge on any atom is 0.247 e. The van der Waals surface area contributed by atoms with Crippen LogP contribution in [-0.4, -0.2) is 24.1 Å². The monoisotopic (exact) mass is 261 g/mol. The van der Waals surface area contributed by atoms with Crippen LogP contribution in [0.3, 0.4) is 0 Å². The zero-order chi connectivity index (χ0) is 10.8. The molecule has 4 heteroatoms. The van der Waals surface area contributed by atoms with Gasteiger partial charge in [-0.25, -0.2) is 0 Å². The van der Waals surface area contributed by atoms with Crippen molar-refractivity contribution in [2.45, 2.75) is 25.7 Å². The van der Waals surface area contributed by atoms with Crippen molar-refractivity contribution in [2.75, 3.05) is 11.9 Å². The minimum absolute atomic E-state index is 0.0998.